The van der Waals surface area contributed by atoms with E-state index < -0.39 is 0 Å². The lowest BCUT2D eigenvalue weighted by Gasteiger charge is -2.29. The molecule has 4 rings (SSSR count). The summed E-state index contributed by atoms with van der Waals surface area (Å²) in [5, 5.41) is 4.03. The zero-order valence-electron chi connectivity index (χ0n) is 16.1. The minimum absolute atomic E-state index is 0.0917. The fraction of sp³-hybridized carbons (Fsp3) is 0.318. The smallest absolute Gasteiger partial charge is 0.227 e. The number of anilines is 1. The Morgan fingerprint density at radius 2 is 2.04 bits per heavy atom. The van der Waals surface area contributed by atoms with Crippen LogP contribution in [0.5, 0.6) is 5.75 Å². The molecule has 6 nitrogen and oxygen atoms in total. The Bertz CT molecular complexity index is 979. The first-order chi connectivity index (χ1) is 13.6. The minimum Gasteiger partial charge on any atom is -0.497 e. The second-order valence-corrected chi connectivity index (χ2v) is 7.02. The van der Waals surface area contributed by atoms with Crippen molar-refractivity contribution in [2.75, 3.05) is 18.6 Å². The van der Waals surface area contributed by atoms with Gasteiger partial charge in [0.15, 0.2) is 0 Å². The normalized spacial score (nSPS) is 13.3. The van der Waals surface area contributed by atoms with Gasteiger partial charge in [-0.1, -0.05) is 22.9 Å². The topological polar surface area (TPSA) is 68.5 Å². The maximum absolute atomic E-state index is 12.8. The molecule has 0 aliphatic carbocycles. The Morgan fingerprint density at radius 1 is 1.21 bits per heavy atom. The van der Waals surface area contributed by atoms with Gasteiger partial charge in [-0.15, -0.1) is 0 Å². The number of ether oxygens (including phenoxy) is 1. The molecule has 1 aliphatic heterocycles. The van der Waals surface area contributed by atoms with E-state index in [9.17, 15) is 4.79 Å². The lowest BCUT2D eigenvalue weighted by Crippen LogP contribution is -2.35. The second-order valence-electron chi connectivity index (χ2n) is 7.02. The third-order valence-corrected chi connectivity index (χ3v) is 5.02. The average molecular weight is 377 g/mol. The standard InChI is InChI=1S/C22H23N3O3/c1-15-5-10-19-17(14-15)4-3-13-25(19)21(26)12-11-20-23-22(24-28-20)16-6-8-18(27-2)9-7-16/h5-10,14H,3-4,11-13H2,1-2H3. The second kappa shape index (κ2) is 7.84. The molecule has 1 aromatic heterocycles. The van der Waals surface area contributed by atoms with Crippen molar-refractivity contribution >= 4 is 11.6 Å². The number of hydrogen-bond acceptors (Lipinski definition) is 5. The van der Waals surface area contributed by atoms with Gasteiger partial charge >= 0.3 is 0 Å². The van der Waals surface area contributed by atoms with Crippen LogP contribution in [0.4, 0.5) is 5.69 Å². The van der Waals surface area contributed by atoms with E-state index in [0.29, 0.717) is 24.6 Å². The summed E-state index contributed by atoms with van der Waals surface area (Å²) in [4.78, 5) is 19.1. The van der Waals surface area contributed by atoms with Gasteiger partial charge in [0.25, 0.3) is 0 Å². The van der Waals surface area contributed by atoms with Crippen molar-refractivity contribution in [2.45, 2.75) is 32.6 Å². The number of rotatable bonds is 5. The van der Waals surface area contributed by atoms with E-state index >= 15 is 0 Å². The molecule has 6 heteroatoms. The van der Waals surface area contributed by atoms with Crippen LogP contribution >= 0.6 is 0 Å². The largest absolute Gasteiger partial charge is 0.497 e. The minimum atomic E-state index is 0.0917. The van der Waals surface area contributed by atoms with E-state index in [4.69, 9.17) is 9.26 Å². The zero-order valence-corrected chi connectivity index (χ0v) is 16.1. The highest BCUT2D eigenvalue weighted by molar-refractivity contribution is 5.94. The number of amides is 1. The van der Waals surface area contributed by atoms with Crippen LogP contribution < -0.4 is 9.64 Å². The number of methoxy groups -OCH3 is 1. The third-order valence-electron chi connectivity index (χ3n) is 5.02. The van der Waals surface area contributed by atoms with Gasteiger partial charge in [0.1, 0.15) is 5.75 Å². The molecule has 0 fully saturated rings. The number of aryl methyl sites for hydroxylation is 3. The van der Waals surface area contributed by atoms with E-state index in [1.807, 2.05) is 29.2 Å². The first kappa shape index (κ1) is 18.2. The molecular weight excluding hydrogens is 354 g/mol. The molecule has 28 heavy (non-hydrogen) atoms. The van der Waals surface area contributed by atoms with Crippen LogP contribution in [0.1, 0.15) is 29.9 Å². The number of carbonyl (C=O) groups excluding carboxylic acids is 1. The number of benzene rings is 2. The maximum Gasteiger partial charge on any atom is 0.227 e. The molecule has 0 radical (unpaired) electrons. The van der Waals surface area contributed by atoms with Gasteiger partial charge < -0.3 is 14.2 Å². The fourth-order valence-corrected chi connectivity index (χ4v) is 3.55. The fourth-order valence-electron chi connectivity index (χ4n) is 3.55. The zero-order chi connectivity index (χ0) is 19.5. The molecular formula is C22H23N3O3. The summed E-state index contributed by atoms with van der Waals surface area (Å²) in [6.45, 7) is 2.84. The molecule has 0 saturated carbocycles. The third kappa shape index (κ3) is 3.76. The number of nitrogens with zero attached hydrogens (tertiary/aromatic N) is 3. The first-order valence-corrected chi connectivity index (χ1v) is 9.51. The van der Waals surface area contributed by atoms with Gasteiger partial charge in [-0.2, -0.15) is 4.98 Å². The number of fused-ring (bicyclic) bond motifs is 1. The Morgan fingerprint density at radius 3 is 2.82 bits per heavy atom. The van der Waals surface area contributed by atoms with Crippen LogP contribution in [-0.4, -0.2) is 29.7 Å². The van der Waals surface area contributed by atoms with Crippen molar-refractivity contribution in [1.82, 2.24) is 10.1 Å². The van der Waals surface area contributed by atoms with Crippen molar-refractivity contribution < 1.29 is 14.1 Å². The van der Waals surface area contributed by atoms with Crippen LogP contribution in [0.15, 0.2) is 47.0 Å². The van der Waals surface area contributed by atoms with Gasteiger partial charge in [0, 0.05) is 30.6 Å². The molecule has 0 bridgehead atoms. The van der Waals surface area contributed by atoms with E-state index in [1.165, 1.54) is 11.1 Å². The van der Waals surface area contributed by atoms with Crippen molar-refractivity contribution in [2.24, 2.45) is 0 Å². The SMILES string of the molecule is COc1ccc(-c2noc(CCC(=O)N3CCCc4cc(C)ccc43)n2)cc1. The van der Waals surface area contributed by atoms with Crippen molar-refractivity contribution in [3.05, 3.63) is 59.5 Å². The van der Waals surface area contributed by atoms with E-state index in [1.54, 1.807) is 7.11 Å². The summed E-state index contributed by atoms with van der Waals surface area (Å²) >= 11 is 0. The van der Waals surface area contributed by atoms with Crippen LogP contribution in [0.25, 0.3) is 11.4 Å². The summed E-state index contributed by atoms with van der Waals surface area (Å²) < 4.78 is 10.5. The molecule has 144 valence electrons. The highest BCUT2D eigenvalue weighted by atomic mass is 16.5. The molecule has 0 N–H and O–H groups in total. The molecule has 0 unspecified atom stereocenters. The molecule has 3 aromatic rings. The van der Waals surface area contributed by atoms with Crippen LogP contribution in [-0.2, 0) is 17.6 Å². The Balaban J connectivity index is 1.41. The predicted molar refractivity (Wildman–Crippen MR) is 106 cm³/mol. The van der Waals surface area contributed by atoms with E-state index in [0.717, 1.165) is 36.4 Å². The summed E-state index contributed by atoms with van der Waals surface area (Å²) in [5.74, 6) is 1.85. The average Bonchev–Trinajstić information content (AvgIpc) is 3.20. The summed E-state index contributed by atoms with van der Waals surface area (Å²) in [6.07, 6.45) is 2.79. The Kier molecular flexibility index (Phi) is 5.10. The number of aromatic nitrogens is 2. The molecule has 2 aromatic carbocycles. The van der Waals surface area contributed by atoms with E-state index in [-0.39, 0.29) is 5.91 Å². The van der Waals surface area contributed by atoms with Crippen LogP contribution in [0.3, 0.4) is 0 Å². The highest BCUT2D eigenvalue weighted by Gasteiger charge is 2.23. The molecule has 0 atom stereocenters. The quantitative estimate of drug-likeness (QED) is 0.673. The van der Waals surface area contributed by atoms with Crippen LogP contribution in [0, 0.1) is 6.92 Å². The van der Waals surface area contributed by atoms with Gasteiger partial charge in [0.2, 0.25) is 17.6 Å². The summed E-state index contributed by atoms with van der Waals surface area (Å²) in [7, 11) is 1.63. The lowest BCUT2D eigenvalue weighted by molar-refractivity contribution is -0.118. The van der Waals surface area contributed by atoms with Gasteiger partial charge in [0.05, 0.1) is 7.11 Å². The van der Waals surface area contributed by atoms with Gasteiger partial charge in [-0.25, -0.2) is 0 Å². The van der Waals surface area contributed by atoms with E-state index in [2.05, 4.69) is 35.3 Å². The summed E-state index contributed by atoms with van der Waals surface area (Å²) in [5.41, 5.74) is 4.36. The lowest BCUT2D eigenvalue weighted by atomic mass is 9.99. The molecule has 1 amide bonds. The maximum atomic E-state index is 12.8. The first-order valence-electron chi connectivity index (χ1n) is 9.51. The number of hydrogen-bond donors (Lipinski definition) is 0. The van der Waals surface area contributed by atoms with Gasteiger partial charge in [-0.3, -0.25) is 4.79 Å². The van der Waals surface area contributed by atoms with Crippen molar-refractivity contribution in [3.8, 4) is 17.1 Å². The molecule has 1 aliphatic rings. The predicted octanol–water partition coefficient (Wildman–Crippen LogP) is 3.97. The monoisotopic (exact) mass is 377 g/mol. The highest BCUT2D eigenvalue weighted by Crippen LogP contribution is 2.28. The molecule has 0 spiro atoms. The van der Waals surface area contributed by atoms with Crippen molar-refractivity contribution in [3.63, 3.8) is 0 Å². The van der Waals surface area contributed by atoms with Crippen molar-refractivity contribution in [1.29, 1.82) is 0 Å². The number of carbonyl (C=O) groups is 1. The molecule has 0 saturated heterocycles. The Labute approximate surface area is 164 Å². The summed E-state index contributed by atoms with van der Waals surface area (Å²) in [6, 6.07) is 13.7. The van der Waals surface area contributed by atoms with Gasteiger partial charge in [-0.05, 0) is 55.7 Å². The molecule has 2 heterocycles. The Hall–Kier alpha value is -3.15. The van der Waals surface area contributed by atoms with Crippen LogP contribution in [0.2, 0.25) is 0 Å².